The molecule has 0 radical (unpaired) electrons. The van der Waals surface area contributed by atoms with Crippen LogP contribution in [0.25, 0.3) is 0 Å². The van der Waals surface area contributed by atoms with E-state index in [-0.39, 0.29) is 5.75 Å². The summed E-state index contributed by atoms with van der Waals surface area (Å²) in [5.41, 5.74) is 3.98. The lowest BCUT2D eigenvalue weighted by molar-refractivity contribution is -0.138. The van der Waals surface area contributed by atoms with Gasteiger partial charge in [-0.25, -0.2) is 4.79 Å². The van der Waals surface area contributed by atoms with Gasteiger partial charge >= 0.3 is 6.03 Å². The average molecular weight is 462 g/mol. The second kappa shape index (κ2) is 7.97. The minimum Gasteiger partial charge on any atom is -0.318 e. The molecule has 0 saturated carbocycles. The third-order valence-corrected chi connectivity index (χ3v) is 6.61. The highest BCUT2D eigenvalue weighted by molar-refractivity contribution is 9.10. The number of hydrazine groups is 1. The van der Waals surface area contributed by atoms with E-state index in [4.69, 9.17) is 0 Å². The number of hydrogen-bond acceptors (Lipinski definition) is 4. The van der Waals surface area contributed by atoms with Crippen molar-refractivity contribution in [3.8, 4) is 0 Å². The fourth-order valence-electron chi connectivity index (χ4n) is 2.92. The molecular weight excluding hydrogens is 442 g/mol. The molecule has 2 aromatic carbocycles. The Bertz CT molecular complexity index is 951. The average Bonchev–Trinajstić information content (AvgIpc) is 2.88. The molecule has 1 aliphatic rings. The van der Waals surface area contributed by atoms with Gasteiger partial charge in [-0.3, -0.25) is 15.0 Å². The highest BCUT2D eigenvalue weighted by atomic mass is 79.9. The number of urea groups is 1. The number of aryl methyl sites for hydroxylation is 2. The highest BCUT2D eigenvalue weighted by Gasteiger charge is 2.49. The molecule has 1 fully saturated rings. The van der Waals surface area contributed by atoms with Gasteiger partial charge in [-0.05, 0) is 49.6 Å². The van der Waals surface area contributed by atoms with Crippen LogP contribution in [-0.4, -0.2) is 28.6 Å². The van der Waals surface area contributed by atoms with E-state index in [1.807, 2.05) is 32.0 Å². The van der Waals surface area contributed by atoms with Crippen LogP contribution in [0, 0.1) is 13.8 Å². The number of thioether (sulfide) groups is 1. The maximum Gasteiger partial charge on any atom is 0.344 e. The summed E-state index contributed by atoms with van der Waals surface area (Å²) in [6.07, 6.45) is 0. The van der Waals surface area contributed by atoms with Gasteiger partial charge in [-0.1, -0.05) is 46.3 Å². The Morgan fingerprint density at radius 1 is 1.18 bits per heavy atom. The zero-order chi connectivity index (χ0) is 20.5. The fraction of sp³-hybridized carbons (Fsp3) is 0.250. The van der Waals surface area contributed by atoms with Gasteiger partial charge in [-0.2, -0.15) is 5.01 Å². The molecule has 0 aliphatic carbocycles. The predicted molar refractivity (Wildman–Crippen MR) is 112 cm³/mol. The van der Waals surface area contributed by atoms with Gasteiger partial charge < -0.3 is 5.32 Å². The standard InChI is InChI=1S/C20H20BrN3O3S/c1-12-10-16(13(2)9-15(12)21)28-11-17(25)23-24-18(26)20(3,22-19(24)27)14-7-5-4-6-8-14/h4-10H,11H2,1-3H3,(H,22,27)(H,23,25). The number of nitrogens with zero attached hydrogens (tertiary/aromatic N) is 1. The summed E-state index contributed by atoms with van der Waals surface area (Å²) in [4.78, 5) is 38.4. The van der Waals surface area contributed by atoms with Gasteiger partial charge in [0.2, 0.25) is 5.91 Å². The van der Waals surface area contributed by atoms with Crippen molar-refractivity contribution in [2.45, 2.75) is 31.2 Å². The first-order valence-corrected chi connectivity index (χ1v) is 10.4. The molecule has 1 unspecified atom stereocenters. The van der Waals surface area contributed by atoms with Crippen LogP contribution in [0.5, 0.6) is 0 Å². The number of benzene rings is 2. The van der Waals surface area contributed by atoms with Crippen LogP contribution >= 0.6 is 27.7 Å². The Labute approximate surface area is 176 Å². The minimum absolute atomic E-state index is 0.0843. The second-order valence-electron chi connectivity index (χ2n) is 6.75. The number of halogens is 1. The van der Waals surface area contributed by atoms with Crippen molar-refractivity contribution in [1.82, 2.24) is 15.8 Å². The molecule has 6 nitrogen and oxygen atoms in total. The second-order valence-corrected chi connectivity index (χ2v) is 8.62. The smallest absolute Gasteiger partial charge is 0.318 e. The van der Waals surface area contributed by atoms with Crippen LogP contribution in [0.2, 0.25) is 0 Å². The number of nitrogens with one attached hydrogen (secondary N) is 2. The summed E-state index contributed by atoms with van der Waals surface area (Å²) in [7, 11) is 0. The molecule has 1 heterocycles. The normalized spacial score (nSPS) is 18.9. The van der Waals surface area contributed by atoms with Crippen molar-refractivity contribution < 1.29 is 14.4 Å². The zero-order valence-electron chi connectivity index (χ0n) is 15.7. The van der Waals surface area contributed by atoms with Gasteiger partial charge in [-0.15, -0.1) is 11.8 Å². The molecule has 0 spiro atoms. The number of amides is 4. The predicted octanol–water partition coefficient (Wildman–Crippen LogP) is 3.66. The zero-order valence-corrected chi connectivity index (χ0v) is 18.1. The number of hydrogen-bond donors (Lipinski definition) is 2. The molecule has 0 bridgehead atoms. The maximum atomic E-state index is 12.8. The first-order chi connectivity index (χ1) is 13.2. The number of imide groups is 1. The van der Waals surface area contributed by atoms with E-state index < -0.39 is 23.4 Å². The van der Waals surface area contributed by atoms with Crippen LogP contribution in [-0.2, 0) is 15.1 Å². The molecule has 0 aromatic heterocycles. The number of carbonyl (C=O) groups is 3. The molecule has 1 aliphatic heterocycles. The van der Waals surface area contributed by atoms with E-state index >= 15 is 0 Å². The Hall–Kier alpha value is -2.32. The first kappa shape index (κ1) is 20.4. The molecule has 3 rings (SSSR count). The van der Waals surface area contributed by atoms with E-state index in [0.29, 0.717) is 5.56 Å². The Morgan fingerprint density at radius 3 is 2.54 bits per heavy atom. The lowest BCUT2D eigenvalue weighted by atomic mass is 9.92. The first-order valence-electron chi connectivity index (χ1n) is 8.63. The van der Waals surface area contributed by atoms with Crippen molar-refractivity contribution in [1.29, 1.82) is 0 Å². The lowest BCUT2D eigenvalue weighted by Gasteiger charge is -2.22. The Balaban J connectivity index is 1.67. The summed E-state index contributed by atoms with van der Waals surface area (Å²) in [5.74, 6) is -0.857. The third kappa shape index (κ3) is 3.93. The largest absolute Gasteiger partial charge is 0.344 e. The summed E-state index contributed by atoms with van der Waals surface area (Å²) < 4.78 is 1.01. The Morgan fingerprint density at radius 2 is 1.86 bits per heavy atom. The van der Waals surface area contributed by atoms with Crippen molar-refractivity contribution >= 4 is 45.5 Å². The van der Waals surface area contributed by atoms with Crippen LogP contribution in [0.15, 0.2) is 51.8 Å². The number of carbonyl (C=O) groups excluding carboxylic acids is 3. The third-order valence-electron chi connectivity index (χ3n) is 4.59. The Kier molecular flexibility index (Phi) is 5.81. The molecule has 1 atom stereocenters. The molecule has 28 heavy (non-hydrogen) atoms. The van der Waals surface area contributed by atoms with Crippen molar-refractivity contribution in [2.24, 2.45) is 0 Å². The fourth-order valence-corrected chi connectivity index (χ4v) is 4.27. The van der Waals surface area contributed by atoms with Crippen LogP contribution in [0.1, 0.15) is 23.6 Å². The summed E-state index contributed by atoms with van der Waals surface area (Å²) in [5, 5.41) is 3.42. The maximum absolute atomic E-state index is 12.8. The highest BCUT2D eigenvalue weighted by Crippen LogP contribution is 2.29. The summed E-state index contributed by atoms with van der Waals surface area (Å²) >= 11 is 4.84. The van der Waals surface area contributed by atoms with E-state index in [1.165, 1.54) is 11.8 Å². The lowest BCUT2D eigenvalue weighted by Crippen LogP contribution is -2.48. The topological polar surface area (TPSA) is 78.5 Å². The van der Waals surface area contributed by atoms with Crippen LogP contribution in [0.3, 0.4) is 0 Å². The van der Waals surface area contributed by atoms with Gasteiger partial charge in [0.05, 0.1) is 5.75 Å². The minimum atomic E-state index is -1.21. The van der Waals surface area contributed by atoms with Gasteiger partial charge in [0, 0.05) is 9.37 Å². The van der Waals surface area contributed by atoms with Gasteiger partial charge in [0.25, 0.3) is 5.91 Å². The van der Waals surface area contributed by atoms with Gasteiger partial charge in [0.1, 0.15) is 5.54 Å². The quantitative estimate of drug-likeness (QED) is 0.525. The summed E-state index contributed by atoms with van der Waals surface area (Å²) in [6.45, 7) is 5.57. The van der Waals surface area contributed by atoms with Crippen molar-refractivity contribution in [3.63, 3.8) is 0 Å². The molecule has 2 N–H and O–H groups in total. The van der Waals surface area contributed by atoms with Crippen molar-refractivity contribution in [2.75, 3.05) is 5.75 Å². The van der Waals surface area contributed by atoms with E-state index in [2.05, 4.69) is 26.7 Å². The monoisotopic (exact) mass is 461 g/mol. The molecule has 146 valence electrons. The summed E-state index contributed by atoms with van der Waals surface area (Å²) in [6, 6.07) is 12.3. The molecule has 2 aromatic rings. The van der Waals surface area contributed by atoms with E-state index in [1.54, 1.807) is 31.2 Å². The van der Waals surface area contributed by atoms with E-state index in [0.717, 1.165) is 25.5 Å². The molecule has 8 heteroatoms. The van der Waals surface area contributed by atoms with Crippen LogP contribution in [0.4, 0.5) is 4.79 Å². The molecule has 1 saturated heterocycles. The number of rotatable bonds is 5. The van der Waals surface area contributed by atoms with Gasteiger partial charge in [0.15, 0.2) is 0 Å². The van der Waals surface area contributed by atoms with Crippen molar-refractivity contribution in [3.05, 3.63) is 63.6 Å². The van der Waals surface area contributed by atoms with Crippen LogP contribution < -0.4 is 10.7 Å². The molecule has 4 amide bonds. The SMILES string of the molecule is Cc1cc(SCC(=O)NN2C(=O)NC(C)(c3ccccc3)C2=O)c(C)cc1Br. The molecular formula is C20H20BrN3O3S. The van der Waals surface area contributed by atoms with E-state index in [9.17, 15) is 14.4 Å².